The number of hydrogen-bond donors (Lipinski definition) is 1. The van der Waals surface area contributed by atoms with Crippen molar-refractivity contribution >= 4 is 17.5 Å². The highest BCUT2D eigenvalue weighted by Gasteiger charge is 2.18. The first kappa shape index (κ1) is 16.8. The van der Waals surface area contributed by atoms with Gasteiger partial charge in [-0.3, -0.25) is 4.79 Å². The Hall–Kier alpha value is -1.22. The molecule has 1 unspecified atom stereocenters. The van der Waals surface area contributed by atoms with Crippen LogP contribution < -0.4 is 10.1 Å². The highest BCUT2D eigenvalue weighted by atomic mass is 35.5. The molecule has 1 rings (SSSR count). The Labute approximate surface area is 126 Å². The van der Waals surface area contributed by atoms with E-state index in [0.29, 0.717) is 17.9 Å². The van der Waals surface area contributed by atoms with Crippen molar-refractivity contribution in [3.8, 4) is 5.75 Å². The van der Waals surface area contributed by atoms with Gasteiger partial charge < -0.3 is 10.1 Å². The third-order valence-electron chi connectivity index (χ3n) is 2.92. The fraction of sp³-hybridized carbons (Fsp3) is 0.562. The normalized spacial score (nSPS) is 12.9. The minimum Gasteiger partial charge on any atom is -0.496 e. The third kappa shape index (κ3) is 5.41. The Bertz CT molecular complexity index is 466. The van der Waals surface area contributed by atoms with E-state index in [2.05, 4.69) is 26.1 Å². The monoisotopic (exact) mass is 297 g/mol. The number of nitrogens with one attached hydrogen (secondary N) is 1. The zero-order valence-corrected chi connectivity index (χ0v) is 13.7. The standard InChI is InChI=1S/C16H24ClNO2/c1-11-6-7-14(20-5)13(8-11)15(19)18-10-12(17)9-16(2,3)4/h6-8,12H,9-10H2,1-5H3,(H,18,19). The fourth-order valence-electron chi connectivity index (χ4n) is 2.03. The minimum absolute atomic E-state index is 0.0743. The van der Waals surface area contributed by atoms with Crippen LogP contribution in [0.4, 0.5) is 0 Å². The summed E-state index contributed by atoms with van der Waals surface area (Å²) in [5.41, 5.74) is 1.72. The number of ether oxygens (including phenoxy) is 1. The molecule has 0 aliphatic carbocycles. The summed E-state index contributed by atoms with van der Waals surface area (Å²) in [7, 11) is 1.56. The van der Waals surface area contributed by atoms with Crippen LogP contribution in [0, 0.1) is 12.3 Å². The van der Waals surface area contributed by atoms with E-state index in [-0.39, 0.29) is 16.7 Å². The van der Waals surface area contributed by atoms with Gasteiger partial charge in [-0.25, -0.2) is 0 Å². The number of benzene rings is 1. The molecule has 0 aromatic heterocycles. The van der Waals surface area contributed by atoms with Gasteiger partial charge in [0.15, 0.2) is 0 Å². The summed E-state index contributed by atoms with van der Waals surface area (Å²) in [4.78, 5) is 12.2. The molecule has 20 heavy (non-hydrogen) atoms. The number of carbonyl (C=O) groups excluding carboxylic acids is 1. The van der Waals surface area contributed by atoms with Gasteiger partial charge in [-0.05, 0) is 30.9 Å². The Morgan fingerprint density at radius 3 is 2.60 bits per heavy atom. The first-order chi connectivity index (χ1) is 9.23. The van der Waals surface area contributed by atoms with Crippen molar-refractivity contribution in [3.05, 3.63) is 29.3 Å². The highest BCUT2D eigenvalue weighted by molar-refractivity contribution is 6.21. The number of methoxy groups -OCH3 is 1. The smallest absolute Gasteiger partial charge is 0.255 e. The first-order valence-corrected chi connectivity index (χ1v) is 7.23. The summed E-state index contributed by atoms with van der Waals surface area (Å²) < 4.78 is 5.22. The molecule has 1 N–H and O–H groups in total. The van der Waals surface area contributed by atoms with Crippen LogP contribution >= 0.6 is 11.6 Å². The number of halogens is 1. The molecule has 0 radical (unpaired) electrons. The molecule has 0 aliphatic rings. The minimum atomic E-state index is -0.148. The molecule has 0 spiro atoms. The van der Waals surface area contributed by atoms with Crippen molar-refractivity contribution in [2.75, 3.05) is 13.7 Å². The quantitative estimate of drug-likeness (QED) is 0.840. The molecule has 3 nitrogen and oxygen atoms in total. The zero-order valence-electron chi connectivity index (χ0n) is 12.9. The van der Waals surface area contributed by atoms with Crippen molar-refractivity contribution in [2.45, 2.75) is 39.5 Å². The molecule has 0 saturated carbocycles. The van der Waals surface area contributed by atoms with Gasteiger partial charge in [-0.1, -0.05) is 32.4 Å². The van der Waals surface area contributed by atoms with Gasteiger partial charge in [0.2, 0.25) is 0 Å². The summed E-state index contributed by atoms with van der Waals surface area (Å²) in [5.74, 6) is 0.431. The van der Waals surface area contributed by atoms with Crippen LogP contribution in [0.3, 0.4) is 0 Å². The second-order valence-corrected chi connectivity index (χ2v) is 6.89. The summed E-state index contributed by atoms with van der Waals surface area (Å²) >= 11 is 6.26. The SMILES string of the molecule is COc1ccc(C)cc1C(=O)NCC(Cl)CC(C)(C)C. The largest absolute Gasteiger partial charge is 0.496 e. The van der Waals surface area contributed by atoms with Crippen molar-refractivity contribution in [2.24, 2.45) is 5.41 Å². The average Bonchev–Trinajstić information content (AvgIpc) is 2.33. The van der Waals surface area contributed by atoms with E-state index in [4.69, 9.17) is 16.3 Å². The molecule has 0 bridgehead atoms. The molecule has 0 fully saturated rings. The number of carbonyl (C=O) groups is 1. The summed E-state index contributed by atoms with van der Waals surface area (Å²) in [6.07, 6.45) is 0.847. The number of alkyl halides is 1. The molecule has 0 saturated heterocycles. The Kier molecular flexibility index (Phi) is 5.88. The lowest BCUT2D eigenvalue weighted by Crippen LogP contribution is -2.31. The van der Waals surface area contributed by atoms with Gasteiger partial charge in [-0.15, -0.1) is 11.6 Å². The van der Waals surface area contributed by atoms with Crippen LogP contribution in [0.2, 0.25) is 0 Å². The topological polar surface area (TPSA) is 38.3 Å². The average molecular weight is 298 g/mol. The van der Waals surface area contributed by atoms with Crippen molar-refractivity contribution in [1.82, 2.24) is 5.32 Å². The van der Waals surface area contributed by atoms with E-state index < -0.39 is 0 Å². The van der Waals surface area contributed by atoms with Gasteiger partial charge in [0.25, 0.3) is 5.91 Å². The molecule has 1 aromatic rings. The van der Waals surface area contributed by atoms with E-state index in [0.717, 1.165) is 12.0 Å². The first-order valence-electron chi connectivity index (χ1n) is 6.80. The lowest BCUT2D eigenvalue weighted by atomic mass is 9.90. The van der Waals surface area contributed by atoms with E-state index in [1.165, 1.54) is 0 Å². The molecule has 4 heteroatoms. The van der Waals surface area contributed by atoms with Gasteiger partial charge in [0.1, 0.15) is 5.75 Å². The van der Waals surface area contributed by atoms with E-state index in [1.54, 1.807) is 13.2 Å². The van der Waals surface area contributed by atoms with Gasteiger partial charge in [0, 0.05) is 6.54 Å². The van der Waals surface area contributed by atoms with Gasteiger partial charge in [-0.2, -0.15) is 0 Å². The second kappa shape index (κ2) is 6.98. The molecule has 0 heterocycles. The van der Waals surface area contributed by atoms with Crippen LogP contribution in [-0.4, -0.2) is 24.9 Å². The lowest BCUT2D eigenvalue weighted by molar-refractivity contribution is 0.0949. The van der Waals surface area contributed by atoms with Gasteiger partial charge >= 0.3 is 0 Å². The second-order valence-electron chi connectivity index (χ2n) is 6.28. The van der Waals surface area contributed by atoms with E-state index in [9.17, 15) is 4.79 Å². The fourth-order valence-corrected chi connectivity index (χ4v) is 2.57. The Morgan fingerprint density at radius 2 is 2.05 bits per heavy atom. The maximum absolute atomic E-state index is 12.2. The molecular formula is C16H24ClNO2. The maximum Gasteiger partial charge on any atom is 0.255 e. The van der Waals surface area contributed by atoms with E-state index >= 15 is 0 Å². The van der Waals surface area contributed by atoms with Crippen LogP contribution in [0.15, 0.2) is 18.2 Å². The predicted molar refractivity (Wildman–Crippen MR) is 83.8 cm³/mol. The van der Waals surface area contributed by atoms with Crippen molar-refractivity contribution in [1.29, 1.82) is 0 Å². The summed E-state index contributed by atoms with van der Waals surface area (Å²) in [6, 6.07) is 5.54. The summed E-state index contributed by atoms with van der Waals surface area (Å²) in [5, 5.41) is 2.80. The van der Waals surface area contributed by atoms with E-state index in [1.807, 2.05) is 19.1 Å². The number of rotatable bonds is 5. The number of amides is 1. The Morgan fingerprint density at radius 1 is 1.40 bits per heavy atom. The van der Waals surface area contributed by atoms with Crippen LogP contribution in [0.5, 0.6) is 5.75 Å². The molecule has 1 atom stereocenters. The predicted octanol–water partition coefficient (Wildman–Crippen LogP) is 3.78. The number of aryl methyl sites for hydroxylation is 1. The summed E-state index contributed by atoms with van der Waals surface area (Å²) in [6.45, 7) is 8.80. The highest BCUT2D eigenvalue weighted by Crippen LogP contribution is 2.23. The Balaban J connectivity index is 2.65. The van der Waals surface area contributed by atoms with Crippen LogP contribution in [0.1, 0.15) is 43.1 Å². The van der Waals surface area contributed by atoms with Crippen LogP contribution in [0.25, 0.3) is 0 Å². The number of hydrogen-bond acceptors (Lipinski definition) is 2. The molecule has 0 aliphatic heterocycles. The van der Waals surface area contributed by atoms with Gasteiger partial charge in [0.05, 0.1) is 18.1 Å². The molecule has 112 valence electrons. The van der Waals surface area contributed by atoms with Crippen molar-refractivity contribution < 1.29 is 9.53 Å². The van der Waals surface area contributed by atoms with Crippen molar-refractivity contribution in [3.63, 3.8) is 0 Å². The molecular weight excluding hydrogens is 274 g/mol. The molecule has 1 amide bonds. The van der Waals surface area contributed by atoms with Crippen LogP contribution in [-0.2, 0) is 0 Å². The lowest BCUT2D eigenvalue weighted by Gasteiger charge is -2.22. The zero-order chi connectivity index (χ0) is 15.3. The third-order valence-corrected chi connectivity index (χ3v) is 3.23. The molecule has 1 aromatic carbocycles. The maximum atomic E-state index is 12.2.